The predicted octanol–water partition coefficient (Wildman–Crippen LogP) is 7.09. The molecular formula is C105H119N11O19. The van der Waals surface area contributed by atoms with Gasteiger partial charge >= 0.3 is 23.9 Å². The van der Waals surface area contributed by atoms with Crippen molar-refractivity contribution in [2.75, 3.05) is 167 Å². The van der Waals surface area contributed by atoms with Crippen molar-refractivity contribution in [1.82, 2.24) is 51.7 Å². The number of esters is 3. The van der Waals surface area contributed by atoms with Crippen LogP contribution in [0.1, 0.15) is 108 Å². The van der Waals surface area contributed by atoms with Crippen LogP contribution in [-0.4, -0.2) is 279 Å². The van der Waals surface area contributed by atoms with Gasteiger partial charge in [-0.3, -0.25) is 48.8 Å². The molecule has 4 aliphatic rings. The lowest BCUT2D eigenvalue weighted by Crippen LogP contribution is -2.50. The van der Waals surface area contributed by atoms with Gasteiger partial charge in [-0.25, -0.2) is 19.9 Å². The maximum atomic E-state index is 12.4. The van der Waals surface area contributed by atoms with Gasteiger partial charge in [0.1, 0.15) is 18.1 Å². The van der Waals surface area contributed by atoms with E-state index in [-0.39, 0.29) is 31.2 Å². The van der Waals surface area contributed by atoms with Gasteiger partial charge in [-0.15, -0.1) is 0 Å². The second-order valence-electron chi connectivity index (χ2n) is 30.8. The van der Waals surface area contributed by atoms with Crippen LogP contribution in [0.3, 0.4) is 0 Å². The van der Waals surface area contributed by atoms with Crippen molar-refractivity contribution in [3.05, 3.63) is 307 Å². The number of hydroxylamine groups is 1. The summed E-state index contributed by atoms with van der Waals surface area (Å²) in [6, 6.07) is 57.1. The van der Waals surface area contributed by atoms with E-state index in [1.807, 2.05) is 36.5 Å². The van der Waals surface area contributed by atoms with E-state index in [4.69, 9.17) is 44.8 Å². The molecular weight excluding hydrogens is 1720 g/mol. The Bertz CT molecular complexity index is 5260. The molecule has 4 heterocycles. The number of carbonyl (C=O) groups excluding carboxylic acids is 7. The van der Waals surface area contributed by atoms with Crippen LogP contribution in [-0.2, 0) is 78.5 Å². The van der Waals surface area contributed by atoms with Crippen LogP contribution in [0.4, 0.5) is 0 Å². The number of benzene rings is 8. The number of nitrogens with two attached hydrogens (primary N) is 1. The van der Waals surface area contributed by atoms with Gasteiger partial charge in [-0.2, -0.15) is 0 Å². The fourth-order valence-corrected chi connectivity index (χ4v) is 13.2. The van der Waals surface area contributed by atoms with E-state index >= 15 is 0 Å². The molecule has 8 aromatic rings. The van der Waals surface area contributed by atoms with Gasteiger partial charge in [0.25, 0.3) is 23.6 Å². The lowest BCUT2D eigenvalue weighted by molar-refractivity contribution is -0.144. The number of morpholine rings is 4. The van der Waals surface area contributed by atoms with E-state index in [1.165, 1.54) is 43.6 Å². The molecule has 0 saturated carbocycles. The number of nitrogens with one attached hydrogen (secondary N) is 6. The SMILES string of the molecule is CNC[C@H](NC(=O)c1ccc(C#C/C=C/c2ccc(CN3CCOCC3)cc2)cc1)C(=O)NO.CNC[C@H](NC(=O)c1ccc(C#C/C=C/c2ccc(CN3CCOCC3)cc2)cc1)C(=O)OC.COC(=O)[C@@H](N)CO.COC(=O)[C@H](CO)NC(=O)c1ccc(C#C/C=C/c2ccc(CN3CCOCC3)cc2)cc1.O=C(O)c1ccc(C#C/C=C/c2ccc(CN3CCOCC3)cc2)cc1. The zero-order valence-electron chi connectivity index (χ0n) is 76.7. The number of amides is 4. The van der Waals surface area contributed by atoms with Crippen LogP contribution in [0.25, 0.3) is 24.3 Å². The molecule has 0 aromatic heterocycles. The van der Waals surface area contributed by atoms with Crippen molar-refractivity contribution >= 4 is 71.8 Å². The summed E-state index contributed by atoms with van der Waals surface area (Å²) in [4.78, 5) is 102. The second kappa shape index (κ2) is 61.1. The van der Waals surface area contributed by atoms with Crippen molar-refractivity contribution in [2.45, 2.75) is 50.3 Å². The average Bonchev–Trinajstić information content (AvgIpc) is 0.879. The van der Waals surface area contributed by atoms with E-state index in [0.717, 1.165) is 176 Å². The van der Waals surface area contributed by atoms with Crippen LogP contribution in [0.15, 0.2) is 218 Å². The first-order valence-electron chi connectivity index (χ1n) is 44.0. The molecule has 12 rings (SSSR count). The zero-order chi connectivity index (χ0) is 96.6. The summed E-state index contributed by atoms with van der Waals surface area (Å²) in [5.74, 6) is 19.5. The zero-order valence-corrected chi connectivity index (χ0v) is 76.7. The highest BCUT2D eigenvalue weighted by Gasteiger charge is 2.25. The fourth-order valence-electron chi connectivity index (χ4n) is 13.2. The first-order valence-corrected chi connectivity index (χ1v) is 44.0. The number of methoxy groups -OCH3 is 3. The van der Waals surface area contributed by atoms with E-state index in [0.29, 0.717) is 16.7 Å². The molecule has 0 bridgehead atoms. The van der Waals surface area contributed by atoms with Crippen LogP contribution in [0, 0.1) is 47.4 Å². The van der Waals surface area contributed by atoms with Gasteiger partial charge < -0.3 is 80.8 Å². The quantitative estimate of drug-likeness (QED) is 0.00732. The molecule has 30 heteroatoms. The number of ether oxygens (including phenoxy) is 7. The molecule has 4 aliphatic heterocycles. The van der Waals surface area contributed by atoms with Crippen molar-refractivity contribution in [3.8, 4) is 47.4 Å². The largest absolute Gasteiger partial charge is 0.478 e. The molecule has 4 fully saturated rings. The lowest BCUT2D eigenvalue weighted by Gasteiger charge is -2.26. The Labute approximate surface area is 789 Å². The third-order valence-corrected chi connectivity index (χ3v) is 20.8. The Morgan fingerprint density at radius 2 is 0.615 bits per heavy atom. The number of likely N-dealkylation sites (N-methyl/N-ethyl adjacent to an activating group) is 2. The van der Waals surface area contributed by atoms with Crippen LogP contribution >= 0.6 is 0 Å². The molecule has 708 valence electrons. The van der Waals surface area contributed by atoms with E-state index in [9.17, 15) is 43.5 Å². The summed E-state index contributed by atoms with van der Waals surface area (Å²) >= 11 is 0. The average molecular weight is 1840 g/mol. The minimum atomic E-state index is -1.10. The van der Waals surface area contributed by atoms with Crippen molar-refractivity contribution < 1.29 is 92.0 Å². The molecule has 4 amide bonds. The third kappa shape index (κ3) is 40.2. The lowest BCUT2D eigenvalue weighted by atomic mass is 10.1. The minimum absolute atomic E-state index is 0.185. The Kier molecular flexibility index (Phi) is 48.2. The monoisotopic (exact) mass is 1840 g/mol. The number of carboxylic acids is 1. The summed E-state index contributed by atoms with van der Waals surface area (Å²) in [6.45, 7) is 17.6. The molecule has 4 atom stereocenters. The molecule has 0 radical (unpaired) electrons. The Balaban J connectivity index is 0.000000216. The second-order valence-corrected chi connectivity index (χ2v) is 30.8. The Hall–Kier alpha value is -13.8. The fraction of sp³-hybridized carbons (Fsp3) is 0.314. The predicted molar refractivity (Wildman–Crippen MR) is 516 cm³/mol. The molecule has 4 saturated heterocycles. The molecule has 0 spiro atoms. The van der Waals surface area contributed by atoms with Gasteiger partial charge in [-0.1, -0.05) is 144 Å². The maximum Gasteiger partial charge on any atom is 0.335 e. The summed E-state index contributed by atoms with van der Waals surface area (Å²) in [5.41, 5.74) is 20.6. The number of hydrogen-bond acceptors (Lipinski definition) is 25. The highest BCUT2D eigenvalue weighted by molar-refractivity contribution is 5.99. The number of rotatable bonds is 29. The molecule has 135 heavy (non-hydrogen) atoms. The van der Waals surface area contributed by atoms with Crippen molar-refractivity contribution in [2.24, 2.45) is 5.73 Å². The topological polar surface area (TPSA) is 393 Å². The number of aliphatic hydroxyl groups excluding tert-OH is 2. The number of carbonyl (C=O) groups is 8. The number of hydrogen-bond donors (Lipinski definition) is 11. The van der Waals surface area contributed by atoms with E-state index < -0.39 is 72.4 Å². The Morgan fingerprint density at radius 1 is 0.363 bits per heavy atom. The van der Waals surface area contributed by atoms with Gasteiger partial charge in [0, 0.05) is 131 Å². The van der Waals surface area contributed by atoms with Gasteiger partial charge in [0.05, 0.1) is 93.0 Å². The van der Waals surface area contributed by atoms with E-state index in [1.54, 1.807) is 129 Å². The van der Waals surface area contributed by atoms with Gasteiger partial charge in [0.2, 0.25) is 0 Å². The molecule has 30 nitrogen and oxygen atoms in total. The number of allylic oxidation sites excluding steroid dienone is 4. The summed E-state index contributed by atoms with van der Waals surface area (Å²) in [7, 11) is 7.05. The highest BCUT2D eigenvalue weighted by atomic mass is 16.5. The normalized spacial score (nSPS) is 14.7. The smallest absolute Gasteiger partial charge is 0.335 e. The molecule has 8 aromatic carbocycles. The minimum Gasteiger partial charge on any atom is -0.478 e. The third-order valence-electron chi connectivity index (χ3n) is 20.8. The molecule has 12 N–H and O–H groups in total. The number of aliphatic hydroxyl groups is 2. The van der Waals surface area contributed by atoms with E-state index in [2.05, 4.69) is 200 Å². The van der Waals surface area contributed by atoms with Gasteiger partial charge in [-0.05, 0) is 204 Å². The van der Waals surface area contributed by atoms with Crippen molar-refractivity contribution in [3.63, 3.8) is 0 Å². The summed E-state index contributed by atoms with van der Waals surface area (Å²) in [6.07, 6.45) is 15.1. The first kappa shape index (κ1) is 107. The van der Waals surface area contributed by atoms with Crippen LogP contribution in [0.2, 0.25) is 0 Å². The van der Waals surface area contributed by atoms with Crippen molar-refractivity contribution in [1.29, 1.82) is 0 Å². The number of aromatic carboxylic acids is 1. The van der Waals surface area contributed by atoms with Gasteiger partial charge in [0.15, 0.2) is 6.04 Å². The first-order chi connectivity index (χ1) is 65.7. The summed E-state index contributed by atoms with van der Waals surface area (Å²) < 4.78 is 35.0. The number of carboxylic acid groups (broad SMARTS) is 1. The Morgan fingerprint density at radius 3 is 0.852 bits per heavy atom. The molecule has 0 aliphatic carbocycles. The highest BCUT2D eigenvalue weighted by Crippen LogP contribution is 2.18. The number of nitrogens with zero attached hydrogens (tertiary/aromatic N) is 4. The maximum absolute atomic E-state index is 12.4. The summed E-state index contributed by atoms with van der Waals surface area (Å²) in [5, 5.41) is 48.4. The molecule has 0 unspecified atom stereocenters. The van der Waals surface area contributed by atoms with Crippen LogP contribution < -0.4 is 37.8 Å². The van der Waals surface area contributed by atoms with Crippen LogP contribution in [0.5, 0.6) is 0 Å². The standard InChI is InChI=1S/C27H31N3O4.C26H30N4O4.C26H28N2O5.C22H21NO3.C4H9NO3/c1-28-19-25(27(32)33-2)29-26(31)24-13-11-22(12-14-24)6-4-3-5-21-7-9-23(10-8-21)20-30-15-17-34-18-16-30;1-27-18-24(26(32)29-33)28-25(31)23-12-10-21(11-13-23)5-3-2-4-20-6-8-22(9-7-20)19-30-14-16-34-17-15-30;1-32-26(31)24(19-29)27-25(30)23-12-10-21(11-13-23)5-3-2-4-20-6-8-22(9-7-20)18-28-14-16-33-17-15-28;24-22(25)21-11-9-19(10-12-21)4-2-1-3-18-5-7-20(8-6-18)17-23-13-15-26-16-14-23;1-8-4(7)3(5)2-6/h3,5,7-14,25,28H,15-20H2,1-2H3,(H,29,31);2,4,6-13,24,27,33H,14-19H2,1H3,(H,28,31)(H,29,32);2,4,6-13,24,29H,14-19H2,1H3,(H,27,30);1,3,5-12H,13-17H2,(H,24,25);3,6H,2,5H2,1H3/b5-3+;2*4-2+;3-1+;/t25-;2*24-;;3-/m000.0/s1.